The minimum atomic E-state index is -0.0997. The van der Waals surface area contributed by atoms with Crippen LogP contribution < -0.4 is 5.32 Å². The number of piperidine rings is 1. The summed E-state index contributed by atoms with van der Waals surface area (Å²) < 4.78 is 5.55. The Labute approximate surface area is 230 Å². The van der Waals surface area contributed by atoms with Crippen molar-refractivity contribution >= 4 is 34.5 Å². The molecular formula is C28H31N5O3S2. The number of benzene rings is 1. The first-order valence-corrected chi connectivity index (χ1v) is 14.6. The van der Waals surface area contributed by atoms with E-state index in [-0.39, 0.29) is 17.9 Å². The van der Waals surface area contributed by atoms with Gasteiger partial charge in [0.15, 0.2) is 5.76 Å². The Morgan fingerprint density at radius 1 is 1.13 bits per heavy atom. The van der Waals surface area contributed by atoms with E-state index in [0.717, 1.165) is 60.6 Å². The number of aromatic nitrogens is 2. The molecule has 1 saturated heterocycles. The predicted molar refractivity (Wildman–Crippen MR) is 151 cm³/mol. The van der Waals surface area contributed by atoms with Gasteiger partial charge in [0.1, 0.15) is 21.3 Å². The number of likely N-dealkylation sites (N-methyl/N-ethyl adjacent to an activating group) is 1. The van der Waals surface area contributed by atoms with E-state index >= 15 is 0 Å². The Bertz CT molecular complexity index is 1380. The van der Waals surface area contributed by atoms with Crippen LogP contribution in [0.1, 0.15) is 35.4 Å². The van der Waals surface area contributed by atoms with Crippen LogP contribution in [0.25, 0.3) is 33.3 Å². The van der Waals surface area contributed by atoms with Crippen LogP contribution in [0.3, 0.4) is 0 Å². The van der Waals surface area contributed by atoms with Gasteiger partial charge in [0.05, 0.1) is 6.04 Å². The molecule has 8 nitrogen and oxygen atoms in total. The Morgan fingerprint density at radius 3 is 2.79 bits per heavy atom. The Balaban J connectivity index is 1.19. The van der Waals surface area contributed by atoms with Gasteiger partial charge in [-0.2, -0.15) is 0 Å². The number of nitrogens with one attached hydrogen (secondary N) is 1. The van der Waals surface area contributed by atoms with Crippen LogP contribution in [0.5, 0.6) is 0 Å². The second-order valence-corrected chi connectivity index (χ2v) is 11.3. The molecule has 2 amide bonds. The summed E-state index contributed by atoms with van der Waals surface area (Å²) in [4.78, 5) is 34.9. The highest BCUT2D eigenvalue weighted by molar-refractivity contribution is 7.15. The van der Waals surface area contributed by atoms with Gasteiger partial charge in [-0.1, -0.05) is 41.9 Å². The zero-order valence-corrected chi connectivity index (χ0v) is 23.2. The van der Waals surface area contributed by atoms with Crippen molar-refractivity contribution < 1.29 is 14.1 Å². The average Bonchev–Trinajstić information content (AvgIpc) is 3.71. The minimum absolute atomic E-state index is 0.0504. The molecule has 1 atom stereocenters. The Hall–Kier alpha value is -3.34. The molecule has 4 heterocycles. The van der Waals surface area contributed by atoms with Crippen LogP contribution >= 0.6 is 22.7 Å². The minimum Gasteiger partial charge on any atom is -0.354 e. The first-order chi connectivity index (χ1) is 18.5. The van der Waals surface area contributed by atoms with Crippen molar-refractivity contribution in [3.63, 3.8) is 0 Å². The van der Waals surface area contributed by atoms with Gasteiger partial charge in [-0.05, 0) is 37.3 Å². The van der Waals surface area contributed by atoms with Crippen molar-refractivity contribution in [3.05, 3.63) is 58.1 Å². The molecule has 5 rings (SSSR count). The maximum Gasteiger partial charge on any atom is 0.262 e. The number of nitrogens with zero attached hydrogens (tertiary/aromatic N) is 4. The summed E-state index contributed by atoms with van der Waals surface area (Å²) in [7, 11) is 3.62. The van der Waals surface area contributed by atoms with Gasteiger partial charge in [-0.3, -0.25) is 14.5 Å². The average molecular weight is 550 g/mol. The lowest BCUT2D eigenvalue weighted by molar-refractivity contribution is -0.135. The summed E-state index contributed by atoms with van der Waals surface area (Å²) in [5, 5.41) is 11.8. The van der Waals surface area contributed by atoms with Gasteiger partial charge in [-0.25, -0.2) is 4.98 Å². The summed E-state index contributed by atoms with van der Waals surface area (Å²) >= 11 is 2.89. The van der Waals surface area contributed by atoms with E-state index in [4.69, 9.17) is 9.51 Å². The van der Waals surface area contributed by atoms with Gasteiger partial charge >= 0.3 is 0 Å². The molecular weight excluding hydrogens is 518 g/mol. The topological polar surface area (TPSA) is 91.6 Å². The van der Waals surface area contributed by atoms with Crippen molar-refractivity contribution in [2.45, 2.75) is 31.7 Å². The molecule has 0 radical (unpaired) electrons. The fraction of sp³-hybridized carbons (Fsp3) is 0.357. The zero-order chi connectivity index (χ0) is 26.5. The van der Waals surface area contributed by atoms with Gasteiger partial charge in [-0.15, -0.1) is 22.7 Å². The molecule has 1 N–H and O–H groups in total. The fourth-order valence-electron chi connectivity index (χ4n) is 4.71. The summed E-state index contributed by atoms with van der Waals surface area (Å²) in [6.07, 6.45) is 3.89. The first-order valence-electron chi connectivity index (χ1n) is 12.8. The molecule has 10 heteroatoms. The molecule has 1 fully saturated rings. The molecule has 0 spiro atoms. The number of carbonyl (C=O) groups excluding carboxylic acids is 2. The molecule has 198 valence electrons. The maximum absolute atomic E-state index is 13.0. The van der Waals surface area contributed by atoms with Crippen LogP contribution in [0.15, 0.2) is 57.7 Å². The maximum atomic E-state index is 13.0. The normalized spacial score (nSPS) is 15.9. The molecule has 1 aliphatic heterocycles. The van der Waals surface area contributed by atoms with E-state index in [1.54, 1.807) is 4.90 Å². The predicted octanol–water partition coefficient (Wildman–Crippen LogP) is 5.26. The van der Waals surface area contributed by atoms with Crippen molar-refractivity contribution in [1.82, 2.24) is 25.3 Å². The third-order valence-electron chi connectivity index (χ3n) is 6.69. The molecule has 4 aromatic rings. The monoisotopic (exact) mass is 549 g/mol. The number of thiophene rings is 1. The van der Waals surface area contributed by atoms with Crippen molar-refractivity contribution in [1.29, 1.82) is 0 Å². The smallest absolute Gasteiger partial charge is 0.262 e. The summed E-state index contributed by atoms with van der Waals surface area (Å²) in [5.74, 6) is 0.662. The summed E-state index contributed by atoms with van der Waals surface area (Å²) in [5.41, 5.74) is 3.25. The van der Waals surface area contributed by atoms with E-state index in [1.807, 2.05) is 67.3 Å². The number of rotatable bonds is 9. The largest absolute Gasteiger partial charge is 0.354 e. The van der Waals surface area contributed by atoms with Crippen LogP contribution in [-0.4, -0.2) is 71.5 Å². The third-order valence-corrected chi connectivity index (χ3v) is 8.47. The summed E-state index contributed by atoms with van der Waals surface area (Å²) in [6.45, 7) is 2.27. The number of hydrogen-bond donors (Lipinski definition) is 1. The summed E-state index contributed by atoms with van der Waals surface area (Å²) in [6, 6.07) is 13.6. The second kappa shape index (κ2) is 12.0. The highest BCUT2D eigenvalue weighted by atomic mass is 32.1. The van der Waals surface area contributed by atoms with E-state index in [2.05, 4.69) is 15.4 Å². The van der Waals surface area contributed by atoms with Gasteiger partial charge in [0.2, 0.25) is 5.91 Å². The molecule has 0 unspecified atom stereocenters. The molecule has 1 aliphatic rings. The SMILES string of the molecule is CN(C)C(=O)[C@@H]1CCCCN1CCCNC(=O)c1sccc1-c1nc(-c2cc(-c3ccccc3)no2)cs1. The molecule has 0 aliphatic carbocycles. The lowest BCUT2D eigenvalue weighted by Crippen LogP contribution is -2.49. The number of carbonyl (C=O) groups is 2. The van der Waals surface area contributed by atoms with Crippen LogP contribution in [-0.2, 0) is 4.79 Å². The van der Waals surface area contributed by atoms with E-state index in [9.17, 15) is 9.59 Å². The van der Waals surface area contributed by atoms with Crippen LogP contribution in [0.4, 0.5) is 0 Å². The van der Waals surface area contributed by atoms with Gasteiger partial charge < -0.3 is 14.7 Å². The highest BCUT2D eigenvalue weighted by Gasteiger charge is 2.29. The van der Waals surface area contributed by atoms with E-state index < -0.39 is 0 Å². The van der Waals surface area contributed by atoms with Gasteiger partial charge in [0, 0.05) is 49.8 Å². The standard InChI is InChI=1S/C28H31N5O3S2/c1-32(2)28(35)23-11-6-7-14-33(23)15-8-13-29-26(34)25-20(12-16-37-25)27-30-22(18-38-27)24-17-21(31-36-24)19-9-4-3-5-10-19/h3-5,9-10,12,16-18,23H,6-8,11,13-15H2,1-2H3,(H,29,34)/t23-/m0/s1. The molecule has 0 bridgehead atoms. The molecule has 3 aromatic heterocycles. The van der Waals surface area contributed by atoms with E-state index in [0.29, 0.717) is 22.9 Å². The molecule has 1 aromatic carbocycles. The lowest BCUT2D eigenvalue weighted by Gasteiger charge is -2.36. The Morgan fingerprint density at radius 2 is 1.97 bits per heavy atom. The van der Waals surface area contributed by atoms with Crippen molar-refractivity contribution in [3.8, 4) is 33.3 Å². The van der Waals surface area contributed by atoms with Crippen molar-refractivity contribution in [2.24, 2.45) is 0 Å². The number of likely N-dealkylation sites (tertiary alicyclic amines) is 1. The number of thiazole rings is 1. The quantitative estimate of drug-likeness (QED) is 0.287. The Kier molecular flexibility index (Phi) is 8.31. The zero-order valence-electron chi connectivity index (χ0n) is 21.6. The molecule has 0 saturated carbocycles. The molecule has 38 heavy (non-hydrogen) atoms. The van der Waals surface area contributed by atoms with Crippen LogP contribution in [0.2, 0.25) is 0 Å². The third kappa shape index (κ3) is 5.87. The number of hydrogen-bond acceptors (Lipinski definition) is 8. The lowest BCUT2D eigenvalue weighted by atomic mass is 10.0. The fourth-order valence-corrected chi connectivity index (χ4v) is 6.42. The second-order valence-electron chi connectivity index (χ2n) is 9.53. The van der Waals surface area contributed by atoms with E-state index in [1.165, 1.54) is 22.7 Å². The highest BCUT2D eigenvalue weighted by Crippen LogP contribution is 2.34. The van der Waals surface area contributed by atoms with Gasteiger partial charge in [0.25, 0.3) is 5.91 Å². The first kappa shape index (κ1) is 26.3. The van der Waals surface area contributed by atoms with Crippen molar-refractivity contribution in [2.75, 3.05) is 33.7 Å². The van der Waals surface area contributed by atoms with Crippen LogP contribution in [0, 0.1) is 0 Å². The number of amides is 2.